The maximum atomic E-state index is 12.3. The second-order valence-electron chi connectivity index (χ2n) is 2.69. The van der Waals surface area contributed by atoms with Gasteiger partial charge in [-0.1, -0.05) is 0 Å². The molecule has 0 radical (unpaired) electrons. The first-order chi connectivity index (χ1) is 6.99. The van der Waals surface area contributed by atoms with Crippen molar-refractivity contribution in [1.82, 2.24) is 4.98 Å². The predicted octanol–water partition coefficient (Wildman–Crippen LogP) is 0.968. The van der Waals surface area contributed by atoms with Crippen LogP contribution in [0.25, 0.3) is 0 Å². The zero-order chi connectivity index (χ0) is 11.6. The van der Waals surface area contributed by atoms with E-state index in [9.17, 15) is 18.9 Å². The third-order valence-corrected chi connectivity index (χ3v) is 1.80. The van der Waals surface area contributed by atoms with Gasteiger partial charge < -0.3 is 11.5 Å². The van der Waals surface area contributed by atoms with Crippen LogP contribution in [0.3, 0.4) is 0 Å². The topological polar surface area (TPSA) is 108 Å². The molecule has 0 unspecified atom stereocenters. The fraction of sp³-hybridized carbons (Fsp3) is 0.286. The van der Waals surface area contributed by atoms with Crippen molar-refractivity contribution in [1.29, 1.82) is 0 Å². The highest BCUT2D eigenvalue weighted by Gasteiger charge is 2.25. The van der Waals surface area contributed by atoms with Crippen LogP contribution in [0.1, 0.15) is 17.7 Å². The molecule has 8 heteroatoms. The van der Waals surface area contributed by atoms with E-state index in [0.717, 1.165) is 6.20 Å². The van der Waals surface area contributed by atoms with Crippen LogP contribution >= 0.6 is 0 Å². The summed E-state index contributed by atoms with van der Waals surface area (Å²) in [7, 11) is 0. The third kappa shape index (κ3) is 1.99. The minimum atomic E-state index is -2.95. The summed E-state index contributed by atoms with van der Waals surface area (Å²) >= 11 is 0. The summed E-state index contributed by atoms with van der Waals surface area (Å²) in [6.07, 6.45) is -2.01. The van der Waals surface area contributed by atoms with E-state index in [-0.39, 0.29) is 12.1 Å². The van der Waals surface area contributed by atoms with Crippen LogP contribution in [0, 0.1) is 10.1 Å². The number of halogens is 2. The number of nitrogens with two attached hydrogens (primary N) is 2. The van der Waals surface area contributed by atoms with Crippen molar-refractivity contribution in [3.63, 3.8) is 0 Å². The molecule has 6 nitrogen and oxygen atoms in total. The lowest BCUT2D eigenvalue weighted by Gasteiger charge is -2.06. The van der Waals surface area contributed by atoms with Gasteiger partial charge in [0.15, 0.2) is 0 Å². The molecular weight excluding hydrogens is 210 g/mol. The van der Waals surface area contributed by atoms with E-state index in [1.165, 1.54) is 0 Å². The van der Waals surface area contributed by atoms with Crippen LogP contribution in [-0.4, -0.2) is 9.91 Å². The van der Waals surface area contributed by atoms with Gasteiger partial charge in [-0.2, -0.15) is 0 Å². The average molecular weight is 218 g/mol. The van der Waals surface area contributed by atoms with E-state index in [1.807, 2.05) is 0 Å². The average Bonchev–Trinajstić information content (AvgIpc) is 2.15. The van der Waals surface area contributed by atoms with Crippen LogP contribution < -0.4 is 11.5 Å². The maximum Gasteiger partial charge on any atom is 0.300 e. The van der Waals surface area contributed by atoms with Crippen molar-refractivity contribution in [2.45, 2.75) is 13.0 Å². The second-order valence-corrected chi connectivity index (χ2v) is 2.69. The lowest BCUT2D eigenvalue weighted by atomic mass is 10.1. The highest BCUT2D eigenvalue weighted by atomic mass is 19.3. The van der Waals surface area contributed by atoms with Crippen LogP contribution in [0.2, 0.25) is 0 Å². The first-order valence-corrected chi connectivity index (χ1v) is 3.88. The fourth-order valence-electron chi connectivity index (χ4n) is 1.11. The van der Waals surface area contributed by atoms with Gasteiger partial charge in [0.25, 0.3) is 12.1 Å². The molecule has 0 saturated carbocycles. The van der Waals surface area contributed by atoms with Crippen LogP contribution in [0.5, 0.6) is 0 Å². The Kier molecular flexibility index (Phi) is 3.10. The first kappa shape index (κ1) is 11.2. The summed E-state index contributed by atoms with van der Waals surface area (Å²) in [4.78, 5) is 13.1. The van der Waals surface area contributed by atoms with E-state index < -0.39 is 28.4 Å². The molecule has 0 spiro atoms. The lowest BCUT2D eigenvalue weighted by molar-refractivity contribution is -0.384. The zero-order valence-electron chi connectivity index (χ0n) is 7.48. The summed E-state index contributed by atoms with van der Waals surface area (Å²) in [5, 5.41) is 10.6. The molecule has 0 bridgehead atoms. The Hall–Kier alpha value is -1.83. The summed E-state index contributed by atoms with van der Waals surface area (Å²) in [5.74, 6) is 0. The number of alkyl halides is 2. The first-order valence-electron chi connectivity index (χ1n) is 3.88. The monoisotopic (exact) mass is 218 g/mol. The maximum absolute atomic E-state index is 12.3. The Morgan fingerprint density at radius 3 is 2.60 bits per heavy atom. The summed E-state index contributed by atoms with van der Waals surface area (Å²) in [6, 6.07) is 0. The molecule has 4 N–H and O–H groups in total. The highest BCUT2D eigenvalue weighted by Crippen LogP contribution is 2.32. The Labute approximate surface area is 83.0 Å². The fourth-order valence-corrected chi connectivity index (χ4v) is 1.11. The van der Waals surface area contributed by atoms with Crippen molar-refractivity contribution in [2.75, 3.05) is 5.73 Å². The minimum absolute atomic E-state index is 0.0295. The van der Waals surface area contributed by atoms with E-state index >= 15 is 0 Å². The molecule has 0 fully saturated rings. The van der Waals surface area contributed by atoms with Crippen LogP contribution in [0.4, 0.5) is 20.2 Å². The number of anilines is 1. The van der Waals surface area contributed by atoms with Crippen molar-refractivity contribution in [3.8, 4) is 0 Å². The predicted molar refractivity (Wildman–Crippen MR) is 48.2 cm³/mol. The van der Waals surface area contributed by atoms with E-state index in [1.54, 1.807) is 0 Å². The van der Waals surface area contributed by atoms with Gasteiger partial charge in [-0.25, -0.2) is 8.78 Å². The Bertz CT molecular complexity index is 397. The van der Waals surface area contributed by atoms with E-state index in [0.29, 0.717) is 0 Å². The SMILES string of the molecule is NCc1cnc(C(F)F)c(N)c1[N+](=O)[O-]. The highest BCUT2D eigenvalue weighted by molar-refractivity contribution is 5.64. The molecule has 0 saturated heterocycles. The zero-order valence-corrected chi connectivity index (χ0v) is 7.48. The van der Waals surface area contributed by atoms with Crippen molar-refractivity contribution in [2.24, 2.45) is 5.73 Å². The lowest BCUT2D eigenvalue weighted by Crippen LogP contribution is -2.09. The summed E-state index contributed by atoms with van der Waals surface area (Å²) in [5.41, 5.74) is 8.43. The Balaban J connectivity index is 3.42. The molecule has 0 amide bonds. The molecule has 82 valence electrons. The van der Waals surface area contributed by atoms with E-state index in [2.05, 4.69) is 4.98 Å². The van der Waals surface area contributed by atoms with Gasteiger partial charge in [0.1, 0.15) is 11.4 Å². The molecule has 1 aromatic heterocycles. The number of hydrogen-bond donors (Lipinski definition) is 2. The molecule has 1 aromatic rings. The number of hydrogen-bond acceptors (Lipinski definition) is 5. The van der Waals surface area contributed by atoms with Gasteiger partial charge in [-0.3, -0.25) is 15.1 Å². The molecule has 0 aromatic carbocycles. The number of rotatable bonds is 3. The quantitative estimate of drug-likeness (QED) is 0.580. The standard InChI is InChI=1S/C7H8F2N4O2/c8-7(9)5-4(11)6(13(14)15)3(1-10)2-12-5/h2,7H,1,10-11H2. The van der Waals surface area contributed by atoms with Gasteiger partial charge in [-0.05, 0) is 0 Å². The normalized spacial score (nSPS) is 10.7. The van der Waals surface area contributed by atoms with Gasteiger partial charge in [0.2, 0.25) is 0 Å². The van der Waals surface area contributed by atoms with Crippen molar-refractivity contribution >= 4 is 11.4 Å². The molecule has 0 aliphatic heterocycles. The minimum Gasteiger partial charge on any atom is -0.391 e. The van der Waals surface area contributed by atoms with Gasteiger partial charge in [0, 0.05) is 12.7 Å². The number of pyridine rings is 1. The Morgan fingerprint density at radius 1 is 1.60 bits per heavy atom. The van der Waals surface area contributed by atoms with Gasteiger partial charge in [0.05, 0.1) is 10.5 Å². The van der Waals surface area contributed by atoms with Gasteiger partial charge in [-0.15, -0.1) is 0 Å². The third-order valence-electron chi connectivity index (χ3n) is 1.80. The number of nitrogen functional groups attached to an aromatic ring is 1. The Morgan fingerprint density at radius 2 is 2.20 bits per heavy atom. The number of aromatic nitrogens is 1. The smallest absolute Gasteiger partial charge is 0.300 e. The number of nitrogens with zero attached hydrogens (tertiary/aromatic N) is 2. The van der Waals surface area contributed by atoms with Crippen LogP contribution in [0.15, 0.2) is 6.20 Å². The molecule has 1 heterocycles. The van der Waals surface area contributed by atoms with E-state index in [4.69, 9.17) is 11.5 Å². The van der Waals surface area contributed by atoms with Crippen molar-refractivity contribution < 1.29 is 13.7 Å². The van der Waals surface area contributed by atoms with Gasteiger partial charge >= 0.3 is 0 Å². The summed E-state index contributed by atoms with van der Waals surface area (Å²) in [6.45, 7) is -0.184. The largest absolute Gasteiger partial charge is 0.391 e. The number of nitro groups is 1. The molecule has 0 atom stereocenters. The van der Waals surface area contributed by atoms with Crippen molar-refractivity contribution in [3.05, 3.63) is 27.6 Å². The molecule has 15 heavy (non-hydrogen) atoms. The molecule has 1 rings (SSSR count). The second kappa shape index (κ2) is 4.13. The van der Waals surface area contributed by atoms with Crippen LogP contribution in [-0.2, 0) is 6.54 Å². The summed E-state index contributed by atoms with van der Waals surface area (Å²) < 4.78 is 24.6. The molecule has 0 aliphatic rings. The molecular formula is C7H8F2N4O2. The molecule has 0 aliphatic carbocycles.